The molecular weight excluding hydrogens is 228 g/mol. The van der Waals surface area contributed by atoms with Crippen LogP contribution in [0.5, 0.6) is 0 Å². The van der Waals surface area contributed by atoms with Gasteiger partial charge in [0.1, 0.15) is 0 Å². The molecule has 0 heterocycles. The summed E-state index contributed by atoms with van der Waals surface area (Å²) < 4.78 is 0. The van der Waals surface area contributed by atoms with Crippen molar-refractivity contribution in [2.45, 2.75) is 39.0 Å². The Morgan fingerprint density at radius 2 is 1.61 bits per heavy atom. The van der Waals surface area contributed by atoms with E-state index in [0.29, 0.717) is 11.1 Å². The number of aryl methyl sites for hydroxylation is 1. The minimum absolute atomic E-state index is 0.415. The lowest BCUT2D eigenvalue weighted by atomic mass is 9.88. The average molecular weight is 246 g/mol. The fourth-order valence-electron chi connectivity index (χ4n) is 2.83. The Morgan fingerprint density at radius 1 is 1.00 bits per heavy atom. The summed E-state index contributed by atoms with van der Waals surface area (Å²) in [4.78, 5) is 23.1. The molecule has 0 saturated carbocycles. The number of amides is 2. The number of carbonyl (C=O) groups excluding carboxylic acids is 2. The first-order valence-electron chi connectivity index (χ1n) is 6.27. The number of hydrogen-bond donors (Lipinski definition) is 2. The molecule has 4 nitrogen and oxygen atoms in total. The topological polar surface area (TPSA) is 86.2 Å². The summed E-state index contributed by atoms with van der Waals surface area (Å²) in [7, 11) is 0. The predicted octanol–water partition coefficient (Wildman–Crippen LogP) is 1.46. The van der Waals surface area contributed by atoms with Crippen LogP contribution in [0.15, 0.2) is 6.07 Å². The molecule has 2 rings (SSSR count). The number of benzene rings is 1. The van der Waals surface area contributed by atoms with Gasteiger partial charge in [-0.05, 0) is 55.4 Å². The smallest absolute Gasteiger partial charge is 0.249 e. The van der Waals surface area contributed by atoms with Crippen molar-refractivity contribution in [1.29, 1.82) is 0 Å². The predicted molar refractivity (Wildman–Crippen MR) is 69.5 cm³/mol. The Labute approximate surface area is 106 Å². The lowest BCUT2D eigenvalue weighted by molar-refractivity contribution is 0.0986. The number of primary amides is 2. The summed E-state index contributed by atoms with van der Waals surface area (Å²) in [6, 6.07) is 1.70. The van der Waals surface area contributed by atoms with E-state index >= 15 is 0 Å². The summed E-state index contributed by atoms with van der Waals surface area (Å²) in [6.45, 7) is 1.80. The van der Waals surface area contributed by atoms with Crippen LogP contribution in [-0.4, -0.2) is 11.8 Å². The van der Waals surface area contributed by atoms with Crippen LogP contribution in [0.1, 0.15) is 56.7 Å². The van der Waals surface area contributed by atoms with Gasteiger partial charge < -0.3 is 11.5 Å². The Balaban J connectivity index is 2.73. The maximum atomic E-state index is 11.6. The van der Waals surface area contributed by atoms with Gasteiger partial charge >= 0.3 is 0 Å². The highest BCUT2D eigenvalue weighted by Crippen LogP contribution is 2.29. The monoisotopic (exact) mass is 246 g/mol. The van der Waals surface area contributed by atoms with Gasteiger partial charge in [0.2, 0.25) is 11.8 Å². The van der Waals surface area contributed by atoms with Crippen LogP contribution in [0.3, 0.4) is 0 Å². The van der Waals surface area contributed by atoms with Gasteiger partial charge in [-0.2, -0.15) is 0 Å². The zero-order chi connectivity index (χ0) is 13.3. The molecule has 0 spiro atoms. The summed E-state index contributed by atoms with van der Waals surface area (Å²) in [6.07, 6.45) is 4.75. The van der Waals surface area contributed by atoms with Crippen LogP contribution in [0, 0.1) is 6.92 Å². The summed E-state index contributed by atoms with van der Waals surface area (Å²) in [5, 5.41) is 0. The van der Waals surface area contributed by atoms with Crippen LogP contribution in [0.4, 0.5) is 0 Å². The van der Waals surface area contributed by atoms with Crippen LogP contribution < -0.4 is 11.5 Å². The molecule has 0 radical (unpaired) electrons. The number of carbonyl (C=O) groups is 2. The number of nitrogens with two attached hydrogens (primary N) is 2. The molecule has 0 bridgehead atoms. The van der Waals surface area contributed by atoms with E-state index < -0.39 is 11.8 Å². The Bertz CT molecular complexity index is 521. The second-order valence-electron chi connectivity index (χ2n) is 4.86. The third-order valence-electron chi connectivity index (χ3n) is 3.61. The van der Waals surface area contributed by atoms with Gasteiger partial charge in [0, 0.05) is 11.1 Å². The number of rotatable bonds is 2. The van der Waals surface area contributed by atoms with E-state index in [2.05, 4.69) is 0 Å². The Morgan fingerprint density at radius 3 is 2.17 bits per heavy atom. The molecule has 0 atom stereocenters. The zero-order valence-electron chi connectivity index (χ0n) is 10.6. The van der Waals surface area contributed by atoms with E-state index in [1.54, 1.807) is 13.0 Å². The summed E-state index contributed by atoms with van der Waals surface area (Å²) in [5.74, 6) is -0.839. The molecule has 0 fully saturated rings. The van der Waals surface area contributed by atoms with E-state index in [0.717, 1.165) is 48.8 Å². The normalized spacial score (nSPS) is 14.7. The maximum absolute atomic E-state index is 11.6. The quantitative estimate of drug-likeness (QED) is 0.774. The van der Waals surface area contributed by atoms with Gasteiger partial charge in [-0.25, -0.2) is 0 Å². The van der Waals surface area contributed by atoms with Crippen molar-refractivity contribution in [2.24, 2.45) is 11.5 Å². The first-order chi connectivity index (χ1) is 8.52. The van der Waals surface area contributed by atoms with Crippen molar-refractivity contribution in [3.05, 3.63) is 33.9 Å². The molecule has 96 valence electrons. The minimum Gasteiger partial charge on any atom is -0.366 e. The lowest BCUT2D eigenvalue weighted by Crippen LogP contribution is -2.21. The first kappa shape index (κ1) is 12.6. The molecule has 2 amide bonds. The molecular formula is C14H18N2O2. The van der Waals surface area contributed by atoms with Crippen molar-refractivity contribution in [3.8, 4) is 0 Å². The molecule has 1 aliphatic rings. The van der Waals surface area contributed by atoms with Gasteiger partial charge in [0.05, 0.1) is 0 Å². The van der Waals surface area contributed by atoms with Crippen LogP contribution >= 0.6 is 0 Å². The van der Waals surface area contributed by atoms with Gasteiger partial charge in [-0.3, -0.25) is 9.59 Å². The first-order valence-corrected chi connectivity index (χ1v) is 6.27. The molecule has 18 heavy (non-hydrogen) atoms. The van der Waals surface area contributed by atoms with Gasteiger partial charge in [0.15, 0.2) is 0 Å². The van der Waals surface area contributed by atoms with Gasteiger partial charge in [-0.1, -0.05) is 6.42 Å². The zero-order valence-corrected chi connectivity index (χ0v) is 10.6. The second-order valence-corrected chi connectivity index (χ2v) is 4.86. The second kappa shape index (κ2) is 4.80. The van der Waals surface area contributed by atoms with Gasteiger partial charge in [-0.15, -0.1) is 0 Å². The molecule has 1 aromatic rings. The standard InChI is InChI=1S/C14H18N2O2/c1-8-7-11(13(15)17)9-5-3-2-4-6-10(9)12(8)14(16)18/h7H,2-6H2,1H3,(H2,15,17)(H2,16,18). The van der Waals surface area contributed by atoms with Crippen molar-refractivity contribution < 1.29 is 9.59 Å². The lowest BCUT2D eigenvalue weighted by Gasteiger charge is -2.16. The Kier molecular flexibility index (Phi) is 3.36. The van der Waals surface area contributed by atoms with Crippen molar-refractivity contribution >= 4 is 11.8 Å². The largest absolute Gasteiger partial charge is 0.366 e. The fraction of sp³-hybridized carbons (Fsp3) is 0.429. The molecule has 0 aliphatic heterocycles. The molecule has 0 unspecified atom stereocenters. The van der Waals surface area contributed by atoms with Gasteiger partial charge in [0.25, 0.3) is 0 Å². The summed E-state index contributed by atoms with van der Waals surface area (Å²) in [5.41, 5.74) is 14.6. The van der Waals surface area contributed by atoms with Crippen LogP contribution in [0.2, 0.25) is 0 Å². The third kappa shape index (κ3) is 2.10. The van der Waals surface area contributed by atoms with Crippen LogP contribution in [-0.2, 0) is 12.8 Å². The van der Waals surface area contributed by atoms with Crippen molar-refractivity contribution in [2.75, 3.05) is 0 Å². The highest BCUT2D eigenvalue weighted by molar-refractivity contribution is 6.00. The van der Waals surface area contributed by atoms with E-state index in [1.165, 1.54) is 0 Å². The number of fused-ring (bicyclic) bond motifs is 1. The van der Waals surface area contributed by atoms with E-state index in [-0.39, 0.29) is 0 Å². The van der Waals surface area contributed by atoms with Crippen LogP contribution in [0.25, 0.3) is 0 Å². The molecule has 4 heteroatoms. The maximum Gasteiger partial charge on any atom is 0.249 e. The minimum atomic E-state index is -0.424. The molecule has 1 aromatic carbocycles. The highest BCUT2D eigenvalue weighted by atomic mass is 16.1. The molecule has 1 aliphatic carbocycles. The molecule has 4 N–H and O–H groups in total. The van der Waals surface area contributed by atoms with E-state index in [1.807, 2.05) is 0 Å². The van der Waals surface area contributed by atoms with E-state index in [9.17, 15) is 9.59 Å². The third-order valence-corrected chi connectivity index (χ3v) is 3.61. The highest BCUT2D eigenvalue weighted by Gasteiger charge is 2.22. The fourth-order valence-corrected chi connectivity index (χ4v) is 2.83. The molecule has 0 aromatic heterocycles. The molecule has 0 saturated heterocycles. The van der Waals surface area contributed by atoms with Crippen molar-refractivity contribution in [1.82, 2.24) is 0 Å². The Hall–Kier alpha value is -1.84. The number of hydrogen-bond acceptors (Lipinski definition) is 2. The summed E-state index contributed by atoms with van der Waals surface area (Å²) >= 11 is 0. The van der Waals surface area contributed by atoms with E-state index in [4.69, 9.17) is 11.5 Å². The van der Waals surface area contributed by atoms with Crippen molar-refractivity contribution in [3.63, 3.8) is 0 Å². The average Bonchev–Trinajstić information content (AvgIpc) is 2.52. The SMILES string of the molecule is Cc1cc(C(N)=O)c2c(c1C(N)=O)CCCCC2.